The van der Waals surface area contributed by atoms with Gasteiger partial charge in [-0.3, -0.25) is 0 Å². The van der Waals surface area contributed by atoms with Gasteiger partial charge in [0.2, 0.25) is 0 Å². The Morgan fingerprint density at radius 3 is 2.07 bits per heavy atom. The molecule has 0 amide bonds. The van der Waals surface area contributed by atoms with Gasteiger partial charge < -0.3 is 5.73 Å². The first-order valence-electron chi connectivity index (χ1n) is 5.27. The molecule has 0 aliphatic heterocycles. The molecule has 3 N–H and O–H groups in total. The lowest BCUT2D eigenvalue weighted by Gasteiger charge is -2.22. The van der Waals surface area contributed by atoms with Gasteiger partial charge in [0, 0.05) is 26.7 Å². The monoisotopic (exact) mass is 237 g/mol. The average molecular weight is 237 g/mol. The summed E-state index contributed by atoms with van der Waals surface area (Å²) in [4.78, 5) is 0. The van der Waals surface area contributed by atoms with Crippen molar-refractivity contribution in [3.8, 4) is 0 Å². The highest BCUT2D eigenvalue weighted by atomic mass is 32.2. The van der Waals surface area contributed by atoms with E-state index in [-0.39, 0.29) is 6.04 Å². The zero-order valence-corrected chi connectivity index (χ0v) is 10.8. The average Bonchev–Trinajstić information content (AvgIpc) is 2.16. The van der Waals surface area contributed by atoms with Gasteiger partial charge in [0.25, 0.3) is 10.2 Å². The molecule has 0 heterocycles. The molecular formula is C9H23N3O2S. The summed E-state index contributed by atoms with van der Waals surface area (Å²) in [5.74, 6) is 0.370. The van der Waals surface area contributed by atoms with Crippen molar-refractivity contribution in [3.05, 3.63) is 0 Å². The molecule has 0 saturated heterocycles. The third-order valence-corrected chi connectivity index (χ3v) is 4.13. The Morgan fingerprint density at radius 2 is 1.73 bits per heavy atom. The van der Waals surface area contributed by atoms with Gasteiger partial charge in [-0.25, -0.2) is 4.72 Å². The van der Waals surface area contributed by atoms with Crippen LogP contribution in [0.3, 0.4) is 0 Å². The van der Waals surface area contributed by atoms with Crippen molar-refractivity contribution < 1.29 is 8.42 Å². The predicted octanol–water partition coefficient (Wildman–Crippen LogP) is 0.146. The summed E-state index contributed by atoms with van der Waals surface area (Å²) in [5.41, 5.74) is 5.90. The summed E-state index contributed by atoms with van der Waals surface area (Å²) in [7, 11) is -0.358. The SMILES string of the molecule is CCC(CC)C(N)CNS(=O)(=O)N(C)C. The summed E-state index contributed by atoms with van der Waals surface area (Å²) in [6, 6.07) is -0.116. The Morgan fingerprint density at radius 1 is 1.27 bits per heavy atom. The summed E-state index contributed by atoms with van der Waals surface area (Å²) in [6.45, 7) is 4.43. The van der Waals surface area contributed by atoms with Crippen LogP contribution in [0.15, 0.2) is 0 Å². The topological polar surface area (TPSA) is 75.4 Å². The van der Waals surface area contributed by atoms with Crippen LogP contribution in [0, 0.1) is 5.92 Å². The summed E-state index contributed by atoms with van der Waals surface area (Å²) in [6.07, 6.45) is 1.95. The standard InChI is InChI=1S/C9H23N3O2S/c1-5-8(6-2)9(10)7-11-15(13,14)12(3)4/h8-9,11H,5-7,10H2,1-4H3. The first kappa shape index (κ1) is 14.8. The van der Waals surface area contributed by atoms with Gasteiger partial charge in [0.05, 0.1) is 0 Å². The Bertz CT molecular complexity index is 261. The second kappa shape index (κ2) is 6.42. The third kappa shape index (κ3) is 4.92. The van der Waals surface area contributed by atoms with Crippen molar-refractivity contribution in [2.24, 2.45) is 11.7 Å². The summed E-state index contributed by atoms with van der Waals surface area (Å²) < 4.78 is 26.4. The third-order valence-electron chi connectivity index (χ3n) is 2.64. The lowest BCUT2D eigenvalue weighted by Crippen LogP contribution is -2.45. The zero-order valence-electron chi connectivity index (χ0n) is 10.0. The number of nitrogens with zero attached hydrogens (tertiary/aromatic N) is 1. The maximum absolute atomic E-state index is 11.4. The molecule has 6 heteroatoms. The van der Waals surface area contributed by atoms with Crippen LogP contribution in [0.5, 0.6) is 0 Å². The molecule has 0 aromatic heterocycles. The van der Waals surface area contributed by atoms with E-state index in [1.165, 1.54) is 14.1 Å². The fourth-order valence-electron chi connectivity index (χ4n) is 1.39. The number of hydrogen-bond acceptors (Lipinski definition) is 3. The molecule has 0 aliphatic carbocycles. The fourth-order valence-corrected chi connectivity index (χ4v) is 2.05. The van der Waals surface area contributed by atoms with Crippen LogP contribution in [0.4, 0.5) is 0 Å². The molecule has 0 spiro atoms. The number of nitrogens with two attached hydrogens (primary N) is 1. The van der Waals surface area contributed by atoms with E-state index in [9.17, 15) is 8.42 Å². The predicted molar refractivity (Wildman–Crippen MR) is 62.7 cm³/mol. The van der Waals surface area contributed by atoms with Crippen LogP contribution in [0.2, 0.25) is 0 Å². The lowest BCUT2D eigenvalue weighted by atomic mass is 9.95. The first-order chi connectivity index (χ1) is 6.85. The molecule has 92 valence electrons. The quantitative estimate of drug-likeness (QED) is 0.661. The largest absolute Gasteiger partial charge is 0.326 e. The molecule has 0 aromatic rings. The molecule has 15 heavy (non-hydrogen) atoms. The molecule has 0 aromatic carbocycles. The smallest absolute Gasteiger partial charge is 0.278 e. The Kier molecular flexibility index (Phi) is 6.35. The van der Waals surface area contributed by atoms with Crippen molar-refractivity contribution in [2.75, 3.05) is 20.6 Å². The Balaban J connectivity index is 4.16. The minimum absolute atomic E-state index is 0.116. The van der Waals surface area contributed by atoms with E-state index in [2.05, 4.69) is 18.6 Å². The van der Waals surface area contributed by atoms with Crippen molar-refractivity contribution in [1.29, 1.82) is 0 Å². The van der Waals surface area contributed by atoms with Gasteiger partial charge in [0.15, 0.2) is 0 Å². The molecule has 0 saturated carbocycles. The van der Waals surface area contributed by atoms with Crippen molar-refractivity contribution in [3.63, 3.8) is 0 Å². The maximum Gasteiger partial charge on any atom is 0.278 e. The molecule has 0 bridgehead atoms. The lowest BCUT2D eigenvalue weighted by molar-refractivity contribution is 0.389. The number of hydrogen-bond donors (Lipinski definition) is 2. The molecule has 0 rings (SSSR count). The van der Waals surface area contributed by atoms with E-state index < -0.39 is 10.2 Å². The zero-order chi connectivity index (χ0) is 12.1. The van der Waals surface area contributed by atoms with Crippen molar-refractivity contribution in [2.45, 2.75) is 32.7 Å². The highest BCUT2D eigenvalue weighted by Gasteiger charge is 2.18. The second-order valence-electron chi connectivity index (χ2n) is 3.88. The van der Waals surface area contributed by atoms with Gasteiger partial charge in [-0.2, -0.15) is 12.7 Å². The van der Waals surface area contributed by atoms with Crippen LogP contribution in [-0.4, -0.2) is 39.4 Å². The highest BCUT2D eigenvalue weighted by Crippen LogP contribution is 2.10. The van der Waals surface area contributed by atoms with E-state index in [0.717, 1.165) is 17.1 Å². The van der Waals surface area contributed by atoms with Crippen LogP contribution in [-0.2, 0) is 10.2 Å². The Labute approximate surface area is 93.2 Å². The molecule has 1 atom stereocenters. The van der Waals surface area contributed by atoms with Crippen LogP contribution in [0.1, 0.15) is 26.7 Å². The maximum atomic E-state index is 11.4. The van der Waals surface area contributed by atoms with Gasteiger partial charge in [-0.1, -0.05) is 26.7 Å². The molecule has 0 fully saturated rings. The van der Waals surface area contributed by atoms with Gasteiger partial charge in [-0.15, -0.1) is 0 Å². The number of rotatable bonds is 7. The van der Waals surface area contributed by atoms with Crippen LogP contribution < -0.4 is 10.5 Å². The molecule has 1 unspecified atom stereocenters. The Hall–Kier alpha value is -0.170. The van der Waals surface area contributed by atoms with Crippen LogP contribution in [0.25, 0.3) is 0 Å². The first-order valence-corrected chi connectivity index (χ1v) is 6.71. The highest BCUT2D eigenvalue weighted by molar-refractivity contribution is 7.87. The molecular weight excluding hydrogens is 214 g/mol. The minimum Gasteiger partial charge on any atom is -0.326 e. The fraction of sp³-hybridized carbons (Fsp3) is 1.00. The van der Waals surface area contributed by atoms with E-state index in [0.29, 0.717) is 12.5 Å². The second-order valence-corrected chi connectivity index (χ2v) is 5.85. The van der Waals surface area contributed by atoms with E-state index >= 15 is 0 Å². The normalized spacial score (nSPS) is 14.9. The van der Waals surface area contributed by atoms with Gasteiger partial charge >= 0.3 is 0 Å². The van der Waals surface area contributed by atoms with Gasteiger partial charge in [0.1, 0.15) is 0 Å². The van der Waals surface area contributed by atoms with E-state index in [1.54, 1.807) is 0 Å². The van der Waals surface area contributed by atoms with E-state index in [1.807, 2.05) is 0 Å². The molecule has 5 nitrogen and oxygen atoms in total. The number of nitrogens with one attached hydrogen (secondary N) is 1. The van der Waals surface area contributed by atoms with Gasteiger partial charge in [-0.05, 0) is 5.92 Å². The summed E-state index contributed by atoms with van der Waals surface area (Å²) in [5, 5.41) is 0. The minimum atomic E-state index is -3.34. The molecule has 0 aliphatic rings. The molecule has 0 radical (unpaired) electrons. The van der Waals surface area contributed by atoms with Crippen LogP contribution >= 0.6 is 0 Å². The van der Waals surface area contributed by atoms with E-state index in [4.69, 9.17) is 5.73 Å². The van der Waals surface area contributed by atoms with Crippen molar-refractivity contribution in [1.82, 2.24) is 9.03 Å². The summed E-state index contributed by atoms with van der Waals surface area (Å²) >= 11 is 0. The van der Waals surface area contributed by atoms with Crippen molar-refractivity contribution >= 4 is 10.2 Å².